The first-order chi connectivity index (χ1) is 64.5. The van der Waals surface area contributed by atoms with E-state index in [0.29, 0.717) is 38.5 Å². The van der Waals surface area contributed by atoms with E-state index in [0.717, 1.165) is 0 Å². The Hall–Kier alpha value is -10.8. The van der Waals surface area contributed by atoms with Gasteiger partial charge in [0.2, 0.25) is 0 Å². The summed E-state index contributed by atoms with van der Waals surface area (Å²) in [6.45, 7) is 22.5. The molecule has 0 radical (unpaired) electrons. The summed E-state index contributed by atoms with van der Waals surface area (Å²) in [5.74, 6) is -8.43. The molecule has 0 amide bonds. The SMILES string of the molecule is CC1(C)C2CCC1(CS(=O)(=O)Oc1ccc3c#cc#cc4ccc(OS(=O)(=O)CC56CCC(CC5=O)C6(C)C)c(c4)c4cc(c#cc#cc5ccc(OS(=O)(=O)CC67CCC(CC6=O)C7(C)C)c(c5)c5cc(c#cc#cc6ccc(OS(=O)(=O)CC78CCC(CC7=O)C8(C)C)c(c6)c1c3)ccc5OS(=O)(=O)CC13CCC(CC1=O)C3(C)C)ccc4OS(=O)(=O)CC13CCC(CC1=O)C3(C)C)C(=O)C2. The van der Waals surface area contributed by atoms with Gasteiger partial charge in [0.15, 0.2) is 34.5 Å². The molecule has 0 N–H and O–H groups in total. The van der Waals surface area contributed by atoms with Crippen molar-refractivity contribution in [1.29, 1.82) is 0 Å². The summed E-state index contributed by atoms with van der Waals surface area (Å²) >= 11 is 0. The lowest BCUT2D eigenvalue weighted by Gasteiger charge is -2.35. The highest BCUT2D eigenvalue weighted by Crippen LogP contribution is 2.70. The van der Waals surface area contributed by atoms with Crippen molar-refractivity contribution in [2.75, 3.05) is 34.5 Å². The molecule has 0 aliphatic heterocycles. The lowest BCUT2D eigenvalue weighted by molar-refractivity contribution is -0.128. The molecule has 0 saturated heterocycles. The average Bonchev–Trinajstić information content (AvgIpc) is 1.57. The van der Waals surface area contributed by atoms with Crippen LogP contribution in [-0.2, 0) is 89.5 Å². The van der Waals surface area contributed by atoms with E-state index in [2.05, 4.69) is 72.8 Å². The Bertz CT molecular complexity index is 6450. The Morgan fingerprint density at radius 2 is 0.355 bits per heavy atom. The van der Waals surface area contributed by atoms with Crippen LogP contribution in [-0.4, -0.2) is 120 Å². The van der Waals surface area contributed by atoms with E-state index in [-0.39, 0.29) is 246 Å². The Morgan fingerprint density at radius 3 is 0.464 bits per heavy atom. The van der Waals surface area contributed by atoms with Gasteiger partial charge in [0, 0.05) is 103 Å². The van der Waals surface area contributed by atoms with Crippen molar-refractivity contribution in [2.45, 2.75) is 199 Å². The zero-order chi connectivity index (χ0) is 98.7. The highest BCUT2D eigenvalue weighted by atomic mass is 32.2. The van der Waals surface area contributed by atoms with Crippen molar-refractivity contribution in [3.05, 3.63) is 182 Å². The second-order valence-electron chi connectivity index (χ2n) is 44.5. The molecule has 12 fully saturated rings. The molecule has 12 aliphatic carbocycles. The Morgan fingerprint density at radius 1 is 0.225 bits per heavy atom. The number of ketones is 6. The molecule has 138 heavy (non-hydrogen) atoms. The van der Waals surface area contributed by atoms with Gasteiger partial charge in [-0.25, -0.2) is 0 Å². The predicted molar refractivity (Wildman–Crippen MR) is 515 cm³/mol. The number of rotatable bonds is 24. The van der Waals surface area contributed by atoms with Gasteiger partial charge >= 0.3 is 60.7 Å². The van der Waals surface area contributed by atoms with Crippen LogP contribution in [0.3, 0.4) is 0 Å². The number of Topliss-reactive ketones (excluding diaryl/α,β-unsaturated/α-hetero) is 6. The number of hydrogen-bond acceptors (Lipinski definition) is 24. The molecule has 7 aromatic carbocycles. The summed E-state index contributed by atoms with van der Waals surface area (Å²) in [6, 6.07) is 59.8. The maximum Gasteiger partial charge on any atom is 0.310 e. The van der Waals surface area contributed by atoms with E-state index in [4.69, 9.17) is 25.1 Å². The molecule has 0 heterocycles. The number of benzene rings is 6. The van der Waals surface area contributed by atoms with Crippen molar-refractivity contribution in [1.82, 2.24) is 0 Å². The summed E-state index contributed by atoms with van der Waals surface area (Å²) < 4.78 is 218. The fourth-order valence-electron chi connectivity index (χ4n) is 27.4. The number of carbonyl (C=O) groups excluding carboxylic acids is 6. The van der Waals surface area contributed by atoms with Crippen LogP contribution >= 0.6 is 0 Å². The number of carbonyl (C=O) groups is 6. The van der Waals surface area contributed by atoms with Gasteiger partial charge in [0.1, 0.15) is 34.7 Å². The lowest BCUT2D eigenvalue weighted by Crippen LogP contribution is -2.43. The molecule has 24 bridgehead atoms. The van der Waals surface area contributed by atoms with Crippen LogP contribution in [0.5, 0.6) is 34.5 Å². The minimum absolute atomic E-state index is 0.0939. The topological polar surface area (TPSA) is 363 Å². The Labute approximate surface area is 808 Å². The molecular formula is C108H108O24S6. The van der Waals surface area contributed by atoms with E-state index in [1.54, 1.807) is 0 Å². The summed E-state index contributed by atoms with van der Waals surface area (Å²) in [4.78, 5) is 84.5. The normalized spacial score (nSPS) is 29.1. The van der Waals surface area contributed by atoms with Crippen LogP contribution in [0.4, 0.5) is 0 Å². The van der Waals surface area contributed by atoms with Gasteiger partial charge in [0.05, 0.1) is 67.0 Å². The van der Waals surface area contributed by atoms with Crippen LogP contribution < -0.4 is 25.1 Å². The number of fused-ring (bicyclic) bond motifs is 27. The molecule has 0 aromatic heterocycles. The van der Waals surface area contributed by atoms with E-state index in [1.807, 2.05) is 83.1 Å². The molecule has 12 aliphatic rings. The highest BCUT2D eigenvalue weighted by Gasteiger charge is 2.72. The third-order valence-electron chi connectivity index (χ3n) is 36.9. The van der Waals surface area contributed by atoms with E-state index < -0.39 is 160 Å². The zero-order valence-corrected chi connectivity index (χ0v) is 84.0. The fraction of sp³-hybridized carbons (Fsp3) is 0.500. The fourth-order valence-corrected chi connectivity index (χ4v) is 38.0. The van der Waals surface area contributed by atoms with Crippen molar-refractivity contribution < 1.29 is 104 Å². The van der Waals surface area contributed by atoms with Crippen molar-refractivity contribution in [2.24, 2.45) is 100 Å². The standard InChI is InChI=1S/C108H108O24S6/c1-97(2)73-37-43-103(97,91(109)55-73)61-133(115,116)127-85-31-25-67-19-13-14-21-69-27-33-87(129-135(119,120)63-105-45-39-75(57-93(105)111)99(105,5)6)81(51-69)83-53-71(29-35-89(83)131-137(123,124)65-107-47-41-77(59-95(107)113)101(107,9)10)23-17-18-24-72-30-36-90(132-138(125,126)66-108-48-42-78(60-96(108)114)102(108,11)12)84(54-72)82-52-70(28-34-88(82)130-136(121,122)64-106-46-40-76(58-94(106)112)100(106,7)8)22-16-15-20-68-26-32-86(80(50-68)79(85)49-67)128-134(117,118)62-104-44-38-74(56-92(104)110)98(104,3)4/h25-36,49-54,73-78H,37-48,55-66H2,1-12H3. The molecular weight excluding hydrogens is 1870 g/mol. The maximum atomic E-state index is 15.1. The summed E-state index contributed by atoms with van der Waals surface area (Å²) in [6.07, 6.45) is 6.25. The molecule has 30 heteroatoms. The molecule has 12 atom stereocenters. The van der Waals surface area contributed by atoms with Gasteiger partial charge in [-0.3, -0.25) is 28.8 Å². The minimum Gasteiger partial charge on any atom is -0.382 e. The van der Waals surface area contributed by atoms with Gasteiger partial charge in [-0.2, -0.15) is 50.5 Å². The van der Waals surface area contributed by atoms with Crippen LogP contribution in [0.15, 0.2) is 109 Å². The zero-order valence-electron chi connectivity index (χ0n) is 79.1. The Balaban J connectivity index is 0.848. The summed E-state index contributed by atoms with van der Waals surface area (Å²) in [7, 11) is -28.7. The van der Waals surface area contributed by atoms with Crippen molar-refractivity contribution >= 4 is 160 Å². The molecule has 720 valence electrons. The average molecular weight is 1980 g/mol. The third kappa shape index (κ3) is 15.6. The Kier molecular flexibility index (Phi) is 22.5. The first-order valence-corrected chi connectivity index (χ1v) is 56.6. The van der Waals surface area contributed by atoms with Gasteiger partial charge in [-0.15, -0.1) is 0 Å². The predicted octanol–water partition coefficient (Wildman–Crippen LogP) is 17.9. The lowest BCUT2D eigenvalue weighted by atomic mass is 9.70. The van der Waals surface area contributed by atoms with E-state index in [9.17, 15) is 28.8 Å². The van der Waals surface area contributed by atoms with E-state index >= 15 is 50.5 Å². The molecule has 19 rings (SSSR count). The van der Waals surface area contributed by atoms with Crippen LogP contribution in [0, 0.1) is 173 Å². The third-order valence-corrected chi connectivity index (χ3v) is 44.5. The van der Waals surface area contributed by atoms with Crippen molar-refractivity contribution in [3.8, 4) is 34.5 Å². The molecule has 12 unspecified atom stereocenters. The smallest absolute Gasteiger partial charge is 0.310 e. The molecule has 7 aromatic rings. The van der Waals surface area contributed by atoms with Gasteiger partial charge < -0.3 is 25.1 Å². The quantitative estimate of drug-likeness (QED) is 0.0507. The first kappa shape index (κ1) is 96.1. The van der Waals surface area contributed by atoms with Crippen molar-refractivity contribution in [3.63, 3.8) is 0 Å². The van der Waals surface area contributed by atoms with Crippen LogP contribution in [0.1, 0.15) is 199 Å². The minimum atomic E-state index is -4.79. The second-order valence-corrected chi connectivity index (χ2v) is 53.9. The molecule has 12 saturated carbocycles. The van der Waals surface area contributed by atoms with Gasteiger partial charge in [-0.1, -0.05) is 119 Å². The summed E-state index contributed by atoms with van der Waals surface area (Å²) in [5.41, 5.74) is -12.5. The largest absolute Gasteiger partial charge is 0.382 e. The first-order valence-electron chi connectivity index (χ1n) is 47.1. The molecule has 24 nitrogen and oxygen atoms in total. The second kappa shape index (κ2) is 32.4. The van der Waals surface area contributed by atoms with Crippen LogP contribution in [0.25, 0.3) is 64.6 Å². The summed E-state index contributed by atoms with van der Waals surface area (Å²) in [5, 5.41) is -0.125. The van der Waals surface area contributed by atoms with Crippen LogP contribution in [0.2, 0.25) is 0 Å². The molecule has 0 spiro atoms. The van der Waals surface area contributed by atoms with Gasteiger partial charge in [0.25, 0.3) is 0 Å². The number of hydrogen-bond donors (Lipinski definition) is 0. The maximum absolute atomic E-state index is 15.1. The highest BCUT2D eigenvalue weighted by molar-refractivity contribution is 7.88. The monoisotopic (exact) mass is 1980 g/mol. The van der Waals surface area contributed by atoms with E-state index in [1.165, 1.54) is 109 Å². The van der Waals surface area contributed by atoms with Gasteiger partial charge in [-0.05, 0) is 291 Å².